The van der Waals surface area contributed by atoms with Gasteiger partial charge in [0.15, 0.2) is 30.5 Å². The molecule has 0 bridgehead atoms. The molecule has 20 unspecified atom stereocenters. The normalized spacial score (nSPS) is 36.8. The molecule has 0 radical (unpaired) electrons. The van der Waals surface area contributed by atoms with Gasteiger partial charge < -0.3 is 118 Å². The third-order valence-corrected chi connectivity index (χ3v) is 12.9. The number of esters is 1. The fourth-order valence-electron chi connectivity index (χ4n) is 8.71. The molecule has 26 nitrogen and oxygen atoms in total. The smallest absolute Gasteiger partial charge is 0.342 e. The van der Waals surface area contributed by atoms with Crippen molar-refractivity contribution < 1.29 is 123 Å². The van der Waals surface area contributed by atoms with Crippen LogP contribution in [0.25, 0.3) is 22.3 Å². The van der Waals surface area contributed by atoms with Gasteiger partial charge in [-0.3, -0.25) is 4.79 Å². The minimum absolute atomic E-state index is 0.0234. The summed E-state index contributed by atoms with van der Waals surface area (Å²) in [7, 11) is 1.35. The van der Waals surface area contributed by atoms with Crippen LogP contribution in [0, 0.1) is 0 Å². The molecule has 4 aliphatic heterocycles. The van der Waals surface area contributed by atoms with Crippen molar-refractivity contribution >= 4 is 16.9 Å². The predicted molar refractivity (Wildman–Crippen MR) is 239 cm³/mol. The van der Waals surface area contributed by atoms with Crippen LogP contribution < -0.4 is 19.6 Å². The van der Waals surface area contributed by atoms with Crippen molar-refractivity contribution in [1.82, 2.24) is 0 Å². The Morgan fingerprint density at radius 3 is 1.95 bits per heavy atom. The van der Waals surface area contributed by atoms with Crippen LogP contribution in [-0.4, -0.2) is 216 Å². The summed E-state index contributed by atoms with van der Waals surface area (Å²) in [6.07, 6.45) is -35.0. The summed E-state index contributed by atoms with van der Waals surface area (Å²) in [5.74, 6) is -3.27. The average Bonchev–Trinajstić information content (AvgIpc) is 3.37. The Morgan fingerprint density at radius 2 is 1.25 bits per heavy atom. The third-order valence-electron chi connectivity index (χ3n) is 12.9. The Morgan fingerprint density at radius 1 is 0.630 bits per heavy atom. The van der Waals surface area contributed by atoms with Crippen molar-refractivity contribution in [2.75, 3.05) is 20.3 Å². The number of aliphatic hydroxyl groups excluding tert-OH is 11. The number of aromatic hydroxyl groups is 2. The highest BCUT2D eigenvalue weighted by Gasteiger charge is 2.53. The summed E-state index contributed by atoms with van der Waals surface area (Å²) >= 11 is 0. The lowest BCUT2D eigenvalue weighted by molar-refractivity contribution is -0.362. The van der Waals surface area contributed by atoms with E-state index < -0.39 is 176 Å². The molecular formula is C47H56O26. The van der Waals surface area contributed by atoms with Crippen LogP contribution in [0.3, 0.4) is 0 Å². The number of benzene rings is 3. The number of rotatable bonds is 14. The SMILES string of the molecule is COc1ccccc1C(=O)OC1C(C)OC(Oc2cc(O)c3c(=O)c(OC4OC(COC5OC(C)C(O)C(O)C5O)C(O)C(O)C4OC4OC(CO)C(O)C(O)C4O)c(-c4ccc(O)cc4)oc3c2)C(O)C1O. The Hall–Kier alpha value is -5.34. The maximum atomic E-state index is 14.7. The number of hydrogen-bond acceptors (Lipinski definition) is 26. The number of fused-ring (bicyclic) bond motifs is 1. The van der Waals surface area contributed by atoms with E-state index in [1.807, 2.05) is 0 Å². The number of methoxy groups -OCH3 is 1. The fraction of sp³-hybridized carbons (Fsp3) is 0.532. The van der Waals surface area contributed by atoms with E-state index >= 15 is 0 Å². The lowest BCUT2D eigenvalue weighted by atomic mass is 9.97. The van der Waals surface area contributed by atoms with Gasteiger partial charge in [-0.15, -0.1) is 0 Å². The van der Waals surface area contributed by atoms with Gasteiger partial charge in [-0.1, -0.05) is 12.1 Å². The molecule has 1 aromatic heterocycles. The van der Waals surface area contributed by atoms with Crippen LogP contribution in [0.5, 0.6) is 28.7 Å². The van der Waals surface area contributed by atoms with Gasteiger partial charge in [0.05, 0.1) is 32.5 Å². The molecule has 20 atom stereocenters. The van der Waals surface area contributed by atoms with Crippen molar-refractivity contribution in [3.63, 3.8) is 0 Å². The van der Waals surface area contributed by atoms with E-state index in [-0.39, 0.29) is 28.4 Å². The molecule has 26 heteroatoms. The fourth-order valence-corrected chi connectivity index (χ4v) is 8.71. The zero-order valence-corrected chi connectivity index (χ0v) is 38.9. The Kier molecular flexibility index (Phi) is 16.4. The molecule has 3 aromatic carbocycles. The number of carbonyl (C=O) groups excluding carboxylic acids is 1. The quantitative estimate of drug-likeness (QED) is 0.0553. The van der Waals surface area contributed by atoms with Crippen LogP contribution in [-0.2, 0) is 33.2 Å². The number of carbonyl (C=O) groups is 1. The minimum atomic E-state index is -2.14. The molecule has 0 spiro atoms. The minimum Gasteiger partial charge on any atom is -0.508 e. The van der Waals surface area contributed by atoms with Crippen LogP contribution in [0.15, 0.2) is 69.9 Å². The molecule has 4 aliphatic rings. The molecule has 8 rings (SSSR count). The first-order chi connectivity index (χ1) is 34.7. The summed E-state index contributed by atoms with van der Waals surface area (Å²) in [5, 5.41) is 139. The number of para-hydroxylation sites is 1. The first-order valence-electron chi connectivity index (χ1n) is 22.8. The zero-order valence-electron chi connectivity index (χ0n) is 38.9. The maximum absolute atomic E-state index is 14.7. The van der Waals surface area contributed by atoms with Crippen molar-refractivity contribution in [1.29, 1.82) is 0 Å². The molecule has 4 fully saturated rings. The summed E-state index contributed by atoms with van der Waals surface area (Å²) in [6.45, 7) is 1.17. The number of phenolic OH excluding ortho intramolecular Hbond substituents is 2. The molecule has 400 valence electrons. The third kappa shape index (κ3) is 10.8. The highest BCUT2D eigenvalue weighted by atomic mass is 16.8. The highest BCUT2D eigenvalue weighted by molar-refractivity contribution is 5.92. The molecular weight excluding hydrogens is 980 g/mol. The van der Waals surface area contributed by atoms with Crippen molar-refractivity contribution in [3.8, 4) is 40.1 Å². The van der Waals surface area contributed by atoms with E-state index in [4.69, 9.17) is 51.8 Å². The van der Waals surface area contributed by atoms with Crippen molar-refractivity contribution in [2.24, 2.45) is 0 Å². The van der Waals surface area contributed by atoms with E-state index in [0.29, 0.717) is 0 Å². The molecule has 4 saturated heterocycles. The summed E-state index contributed by atoms with van der Waals surface area (Å²) in [4.78, 5) is 27.8. The van der Waals surface area contributed by atoms with Gasteiger partial charge in [-0.2, -0.15) is 0 Å². The van der Waals surface area contributed by atoms with E-state index in [1.165, 1.54) is 57.4 Å². The topological polar surface area (TPSA) is 403 Å². The molecule has 5 heterocycles. The maximum Gasteiger partial charge on any atom is 0.342 e. The molecule has 0 aliphatic carbocycles. The molecule has 73 heavy (non-hydrogen) atoms. The summed E-state index contributed by atoms with van der Waals surface area (Å²) in [5.41, 5.74) is -1.48. The number of phenols is 2. The van der Waals surface area contributed by atoms with Gasteiger partial charge in [0.25, 0.3) is 0 Å². The first kappa shape index (κ1) is 53.9. The van der Waals surface area contributed by atoms with Crippen LogP contribution >= 0.6 is 0 Å². The highest BCUT2D eigenvalue weighted by Crippen LogP contribution is 2.40. The molecule has 0 saturated carbocycles. The molecule has 13 N–H and O–H groups in total. The standard InChI is InChI=1S/C47H56O26/c1-16-28(51)32(55)36(59)44(65-16)64-15-26-30(53)34(57)42(73-46-37(60)33(56)29(52)25(14-48)69-46)47(70-26)72-41-31(54)27-22(50)12-20(13-24(27)68-40(41)18-8-10-19(49)11-9-18)67-45-38(61)35(58)39(17(2)66-45)71-43(62)21-6-4-5-7-23(21)63-3/h4-13,16-17,25-26,28-30,32-39,42,44-53,55-61H,14-15H2,1-3H3. The van der Waals surface area contributed by atoms with Gasteiger partial charge in [0.2, 0.25) is 23.8 Å². The lowest BCUT2D eigenvalue weighted by Gasteiger charge is -2.46. The largest absolute Gasteiger partial charge is 0.508 e. The molecule has 4 aromatic rings. The zero-order chi connectivity index (χ0) is 52.7. The van der Waals surface area contributed by atoms with Crippen LogP contribution in [0.2, 0.25) is 0 Å². The van der Waals surface area contributed by atoms with Gasteiger partial charge in [0, 0.05) is 17.7 Å². The average molecular weight is 1040 g/mol. The summed E-state index contributed by atoms with van der Waals surface area (Å²) < 4.78 is 63.3. The van der Waals surface area contributed by atoms with E-state index in [0.717, 1.165) is 12.1 Å². The van der Waals surface area contributed by atoms with Gasteiger partial charge in [-0.25, -0.2) is 4.79 Å². The second kappa shape index (κ2) is 22.2. The summed E-state index contributed by atoms with van der Waals surface area (Å²) in [6, 6.07) is 13.2. The Labute approximate surface area is 412 Å². The lowest BCUT2D eigenvalue weighted by Crippen LogP contribution is -2.65. The number of ether oxygens (including phenoxy) is 10. The van der Waals surface area contributed by atoms with E-state index in [1.54, 1.807) is 12.1 Å². The van der Waals surface area contributed by atoms with Crippen LogP contribution in [0.4, 0.5) is 0 Å². The van der Waals surface area contributed by atoms with Crippen molar-refractivity contribution in [2.45, 2.75) is 137 Å². The van der Waals surface area contributed by atoms with Gasteiger partial charge in [0.1, 0.15) is 113 Å². The molecule has 0 amide bonds. The van der Waals surface area contributed by atoms with Gasteiger partial charge >= 0.3 is 5.97 Å². The monoisotopic (exact) mass is 1040 g/mol. The number of aliphatic hydroxyl groups is 11. The predicted octanol–water partition coefficient (Wildman–Crippen LogP) is -3.19. The Bertz CT molecular complexity index is 2590. The van der Waals surface area contributed by atoms with Gasteiger partial charge in [-0.05, 0) is 50.2 Å². The second-order valence-corrected chi connectivity index (χ2v) is 17.8. The van der Waals surface area contributed by atoms with Crippen LogP contribution in [0.1, 0.15) is 24.2 Å². The van der Waals surface area contributed by atoms with E-state index in [9.17, 15) is 76.0 Å². The first-order valence-corrected chi connectivity index (χ1v) is 22.8. The van der Waals surface area contributed by atoms with Crippen molar-refractivity contribution in [3.05, 3.63) is 76.5 Å². The second-order valence-electron chi connectivity index (χ2n) is 17.8. The van der Waals surface area contributed by atoms with E-state index in [2.05, 4.69) is 0 Å². The Balaban J connectivity index is 1.11. The number of hydrogen-bond donors (Lipinski definition) is 13.